The minimum atomic E-state index is -0.00557. The Bertz CT molecular complexity index is 750. The van der Waals surface area contributed by atoms with Crippen LogP contribution in [-0.2, 0) is 10.5 Å². The molecule has 1 N–H and O–H groups in total. The molecule has 146 valence electrons. The van der Waals surface area contributed by atoms with Crippen LogP contribution >= 0.6 is 35.0 Å². The number of thioether (sulfide) groups is 1. The van der Waals surface area contributed by atoms with Gasteiger partial charge in [0.25, 0.3) is 0 Å². The maximum Gasteiger partial charge on any atom is 0.230 e. The number of hydrogen-bond donors (Lipinski definition) is 1. The fraction of sp³-hybridized carbons (Fsp3) is 0.381. The number of carbonyl (C=O) groups is 1. The van der Waals surface area contributed by atoms with Crippen molar-refractivity contribution in [2.75, 3.05) is 12.9 Å². The van der Waals surface area contributed by atoms with Crippen LogP contribution in [0.1, 0.15) is 37.4 Å². The number of methoxy groups -OCH3 is 1. The molecule has 0 aliphatic rings. The molecule has 0 saturated heterocycles. The molecular weight excluding hydrogens is 401 g/mol. The van der Waals surface area contributed by atoms with Crippen molar-refractivity contribution >= 4 is 40.9 Å². The molecule has 0 fully saturated rings. The molecule has 2 rings (SSSR count). The second-order valence-corrected chi connectivity index (χ2v) is 8.56. The van der Waals surface area contributed by atoms with Crippen LogP contribution in [0, 0.1) is 5.92 Å². The van der Waals surface area contributed by atoms with Gasteiger partial charge in [0.2, 0.25) is 5.91 Å². The number of ether oxygens (including phenoxy) is 1. The lowest BCUT2D eigenvalue weighted by Gasteiger charge is -2.21. The molecule has 0 aliphatic heterocycles. The number of carbonyl (C=O) groups excluding carboxylic acids is 1. The van der Waals surface area contributed by atoms with Gasteiger partial charge in [0, 0.05) is 5.75 Å². The molecule has 2 aromatic carbocycles. The smallest absolute Gasteiger partial charge is 0.230 e. The molecule has 0 aliphatic carbocycles. The molecule has 1 amide bonds. The molecule has 0 aromatic heterocycles. The average molecular weight is 426 g/mol. The summed E-state index contributed by atoms with van der Waals surface area (Å²) in [6.45, 7) is 4.31. The molecule has 0 bridgehead atoms. The molecular formula is C21H25Cl2NO2S. The SMILES string of the molecule is COc1ccc(C(CC(C)C)NC(=O)CSCc2ccc(Cl)c(Cl)c2)cc1. The molecule has 0 heterocycles. The molecule has 0 saturated carbocycles. The van der Waals surface area contributed by atoms with Crippen LogP contribution in [0.15, 0.2) is 42.5 Å². The van der Waals surface area contributed by atoms with E-state index in [1.165, 1.54) is 0 Å². The first kappa shape index (κ1) is 21.9. The fourth-order valence-electron chi connectivity index (χ4n) is 2.71. The highest BCUT2D eigenvalue weighted by Crippen LogP contribution is 2.26. The molecule has 0 radical (unpaired) electrons. The number of halogens is 2. The van der Waals surface area contributed by atoms with E-state index in [-0.39, 0.29) is 11.9 Å². The van der Waals surface area contributed by atoms with Crippen molar-refractivity contribution in [2.24, 2.45) is 5.92 Å². The summed E-state index contributed by atoms with van der Waals surface area (Å²) in [5, 5.41) is 4.24. The highest BCUT2D eigenvalue weighted by Gasteiger charge is 2.16. The Morgan fingerprint density at radius 2 is 1.81 bits per heavy atom. The minimum Gasteiger partial charge on any atom is -0.497 e. The molecule has 1 atom stereocenters. The van der Waals surface area contributed by atoms with Gasteiger partial charge in [0.1, 0.15) is 5.75 Å². The minimum absolute atomic E-state index is 0.00557. The lowest BCUT2D eigenvalue weighted by Crippen LogP contribution is -2.30. The van der Waals surface area contributed by atoms with Crippen LogP contribution in [0.25, 0.3) is 0 Å². The van der Waals surface area contributed by atoms with E-state index >= 15 is 0 Å². The van der Waals surface area contributed by atoms with Crippen LogP contribution in [0.4, 0.5) is 0 Å². The number of hydrogen-bond acceptors (Lipinski definition) is 3. The molecule has 27 heavy (non-hydrogen) atoms. The second kappa shape index (κ2) is 10.8. The molecule has 3 nitrogen and oxygen atoms in total. The summed E-state index contributed by atoms with van der Waals surface area (Å²) in [4.78, 5) is 12.4. The van der Waals surface area contributed by atoms with E-state index in [2.05, 4.69) is 19.2 Å². The van der Waals surface area contributed by atoms with Gasteiger partial charge in [-0.25, -0.2) is 0 Å². The van der Waals surface area contributed by atoms with E-state index in [0.29, 0.717) is 27.5 Å². The van der Waals surface area contributed by atoms with Crippen LogP contribution in [-0.4, -0.2) is 18.8 Å². The zero-order chi connectivity index (χ0) is 19.8. The fourth-order valence-corrected chi connectivity index (χ4v) is 3.82. The first-order valence-corrected chi connectivity index (χ1v) is 10.7. The average Bonchev–Trinajstić information content (AvgIpc) is 2.64. The highest BCUT2D eigenvalue weighted by molar-refractivity contribution is 7.99. The normalized spacial score (nSPS) is 12.1. The Labute approximate surface area is 175 Å². The maximum atomic E-state index is 12.4. The topological polar surface area (TPSA) is 38.3 Å². The Hall–Kier alpha value is -1.36. The molecule has 6 heteroatoms. The first-order valence-electron chi connectivity index (χ1n) is 8.84. The number of amides is 1. The summed E-state index contributed by atoms with van der Waals surface area (Å²) in [5.41, 5.74) is 2.14. The van der Waals surface area contributed by atoms with E-state index in [4.69, 9.17) is 27.9 Å². The van der Waals surface area contributed by atoms with Crippen molar-refractivity contribution in [2.45, 2.75) is 32.1 Å². The highest BCUT2D eigenvalue weighted by atomic mass is 35.5. The Morgan fingerprint density at radius 1 is 1.11 bits per heavy atom. The van der Waals surface area contributed by atoms with Crippen LogP contribution in [0.3, 0.4) is 0 Å². The van der Waals surface area contributed by atoms with Gasteiger partial charge in [-0.05, 0) is 47.7 Å². The van der Waals surface area contributed by atoms with Gasteiger partial charge in [-0.2, -0.15) is 0 Å². The third kappa shape index (κ3) is 7.28. The van der Waals surface area contributed by atoms with Gasteiger partial charge in [-0.3, -0.25) is 4.79 Å². The summed E-state index contributed by atoms with van der Waals surface area (Å²) in [5.74, 6) is 2.42. The van der Waals surface area contributed by atoms with Crippen molar-refractivity contribution in [3.8, 4) is 5.75 Å². The largest absolute Gasteiger partial charge is 0.497 e. The first-order chi connectivity index (χ1) is 12.9. The third-order valence-electron chi connectivity index (χ3n) is 4.05. The van der Waals surface area contributed by atoms with Gasteiger partial charge in [-0.1, -0.05) is 55.2 Å². The lowest BCUT2D eigenvalue weighted by atomic mass is 9.97. The summed E-state index contributed by atoms with van der Waals surface area (Å²) in [6.07, 6.45) is 0.884. The van der Waals surface area contributed by atoms with E-state index in [1.807, 2.05) is 36.4 Å². The lowest BCUT2D eigenvalue weighted by molar-refractivity contribution is -0.119. The van der Waals surface area contributed by atoms with Crippen LogP contribution < -0.4 is 10.1 Å². The van der Waals surface area contributed by atoms with Crippen molar-refractivity contribution in [3.63, 3.8) is 0 Å². The zero-order valence-electron chi connectivity index (χ0n) is 15.8. The van der Waals surface area contributed by atoms with Gasteiger partial charge < -0.3 is 10.1 Å². The Kier molecular flexibility index (Phi) is 8.81. The van der Waals surface area contributed by atoms with Crippen molar-refractivity contribution in [1.82, 2.24) is 5.32 Å². The Balaban J connectivity index is 1.91. The predicted molar refractivity (Wildman–Crippen MR) is 116 cm³/mol. The standard InChI is InChI=1S/C21H25Cl2NO2S/c1-14(2)10-20(16-5-7-17(26-3)8-6-16)24-21(25)13-27-12-15-4-9-18(22)19(23)11-15/h4-9,11,14,20H,10,12-13H2,1-3H3,(H,24,25). The molecule has 0 spiro atoms. The summed E-state index contributed by atoms with van der Waals surface area (Å²) in [6, 6.07) is 13.4. The molecule has 2 aromatic rings. The quantitative estimate of drug-likeness (QED) is 0.524. The van der Waals surface area contributed by atoms with Gasteiger partial charge in [0.05, 0.1) is 28.9 Å². The summed E-state index contributed by atoms with van der Waals surface area (Å²) in [7, 11) is 1.65. The van der Waals surface area contributed by atoms with Gasteiger partial charge in [0.15, 0.2) is 0 Å². The van der Waals surface area contributed by atoms with Crippen molar-refractivity contribution < 1.29 is 9.53 Å². The van der Waals surface area contributed by atoms with Crippen molar-refractivity contribution in [1.29, 1.82) is 0 Å². The second-order valence-electron chi connectivity index (χ2n) is 6.76. The van der Waals surface area contributed by atoms with Crippen molar-refractivity contribution in [3.05, 3.63) is 63.6 Å². The summed E-state index contributed by atoms with van der Waals surface area (Å²) < 4.78 is 5.21. The number of benzene rings is 2. The van der Waals surface area contributed by atoms with E-state index in [0.717, 1.165) is 23.3 Å². The maximum absolute atomic E-state index is 12.4. The predicted octanol–water partition coefficient (Wildman–Crippen LogP) is 6.14. The van der Waals surface area contributed by atoms with E-state index in [1.54, 1.807) is 24.9 Å². The zero-order valence-corrected chi connectivity index (χ0v) is 18.1. The van der Waals surface area contributed by atoms with Gasteiger partial charge in [-0.15, -0.1) is 11.8 Å². The summed E-state index contributed by atoms with van der Waals surface area (Å²) >= 11 is 13.5. The van der Waals surface area contributed by atoms with Crippen LogP contribution in [0.5, 0.6) is 5.75 Å². The van der Waals surface area contributed by atoms with E-state index < -0.39 is 0 Å². The molecule has 1 unspecified atom stereocenters. The van der Waals surface area contributed by atoms with Crippen LogP contribution in [0.2, 0.25) is 10.0 Å². The number of rotatable bonds is 9. The van der Waals surface area contributed by atoms with Gasteiger partial charge >= 0.3 is 0 Å². The van der Waals surface area contributed by atoms with E-state index in [9.17, 15) is 4.79 Å². The monoisotopic (exact) mass is 425 g/mol. The number of nitrogens with one attached hydrogen (secondary N) is 1. The Morgan fingerprint density at radius 3 is 2.41 bits per heavy atom. The third-order valence-corrected chi connectivity index (χ3v) is 5.79.